The summed E-state index contributed by atoms with van der Waals surface area (Å²) >= 11 is 0. The molecule has 0 amide bonds. The molecule has 0 N–H and O–H groups in total. The number of hydrogen-bond donors (Lipinski definition) is 0. The van der Waals surface area contributed by atoms with Crippen LogP contribution in [0.25, 0.3) is 11.3 Å². The molecule has 0 spiro atoms. The summed E-state index contributed by atoms with van der Waals surface area (Å²) in [4.78, 5) is 2.44. The lowest BCUT2D eigenvalue weighted by Crippen LogP contribution is -2.46. The third kappa shape index (κ3) is 2.55. The predicted molar refractivity (Wildman–Crippen MR) is 107 cm³/mol. The highest BCUT2D eigenvalue weighted by molar-refractivity contribution is 5.77. The van der Waals surface area contributed by atoms with Gasteiger partial charge >= 0.3 is 0 Å². The summed E-state index contributed by atoms with van der Waals surface area (Å²) in [5.74, 6) is 0.552. The summed E-state index contributed by atoms with van der Waals surface area (Å²) < 4.78 is 0. The van der Waals surface area contributed by atoms with Gasteiger partial charge in [-0.25, -0.2) is 0 Å². The maximum absolute atomic E-state index is 2.44. The minimum Gasteiger partial charge on any atom is -0.363 e. The summed E-state index contributed by atoms with van der Waals surface area (Å²) in [6.07, 6.45) is 10.0. The van der Waals surface area contributed by atoms with Gasteiger partial charge in [-0.2, -0.15) is 0 Å². The fourth-order valence-corrected chi connectivity index (χ4v) is 4.09. The van der Waals surface area contributed by atoms with Crippen LogP contribution in [0.2, 0.25) is 0 Å². The number of likely N-dealkylation sites (N-methyl/N-ethyl adjacent to an activating group) is 1. The Labute approximate surface area is 150 Å². The zero-order valence-corrected chi connectivity index (χ0v) is 15.2. The molecule has 1 heteroatoms. The molecule has 1 aliphatic carbocycles. The van der Waals surface area contributed by atoms with E-state index in [0.717, 1.165) is 6.42 Å². The molecule has 0 saturated heterocycles. The van der Waals surface area contributed by atoms with E-state index in [1.165, 1.54) is 32.8 Å². The molecular formula is C24H25N. The van der Waals surface area contributed by atoms with Gasteiger partial charge < -0.3 is 4.90 Å². The minimum absolute atomic E-state index is 0.305. The maximum atomic E-state index is 2.44. The van der Waals surface area contributed by atoms with E-state index >= 15 is 0 Å². The molecular weight excluding hydrogens is 302 g/mol. The monoisotopic (exact) mass is 327 g/mol. The summed E-state index contributed by atoms with van der Waals surface area (Å²) in [5.41, 5.74) is 5.56. The lowest BCUT2D eigenvalue weighted by molar-refractivity contribution is 0.461. The number of benzene rings is 2. The van der Waals surface area contributed by atoms with Crippen molar-refractivity contribution in [1.29, 1.82) is 0 Å². The largest absolute Gasteiger partial charge is 0.363 e. The average Bonchev–Trinajstić information content (AvgIpc) is 2.68. The van der Waals surface area contributed by atoms with Crippen molar-refractivity contribution in [3.63, 3.8) is 0 Å². The van der Waals surface area contributed by atoms with E-state index in [-0.39, 0.29) is 0 Å². The highest BCUT2D eigenvalue weighted by atomic mass is 15.1. The van der Waals surface area contributed by atoms with Gasteiger partial charge in [0, 0.05) is 17.8 Å². The molecule has 126 valence electrons. The molecule has 1 nitrogen and oxygen atoms in total. The van der Waals surface area contributed by atoms with Gasteiger partial charge in [-0.3, -0.25) is 0 Å². The van der Waals surface area contributed by atoms with Crippen molar-refractivity contribution in [2.75, 3.05) is 7.05 Å². The highest BCUT2D eigenvalue weighted by Gasteiger charge is 2.26. The predicted octanol–water partition coefficient (Wildman–Crippen LogP) is 3.95. The number of nitrogens with zero attached hydrogens (tertiary/aromatic N) is 1. The van der Waals surface area contributed by atoms with Crippen LogP contribution >= 0.6 is 0 Å². The average molecular weight is 327 g/mol. The molecule has 0 aromatic heterocycles. The Morgan fingerprint density at radius 1 is 0.960 bits per heavy atom. The zero-order chi connectivity index (χ0) is 17.4. The maximum Gasteiger partial charge on any atom is 0.0732 e. The second-order valence-corrected chi connectivity index (χ2v) is 7.05. The Morgan fingerprint density at radius 2 is 1.68 bits per heavy atom. The van der Waals surface area contributed by atoms with E-state index in [0.29, 0.717) is 12.0 Å². The van der Waals surface area contributed by atoms with Gasteiger partial charge in [0.1, 0.15) is 0 Å². The molecule has 1 heterocycles. The quantitative estimate of drug-likeness (QED) is 0.825. The first-order chi connectivity index (χ1) is 12.2. The van der Waals surface area contributed by atoms with Crippen LogP contribution in [-0.4, -0.2) is 18.0 Å². The van der Waals surface area contributed by atoms with Crippen molar-refractivity contribution in [1.82, 2.24) is 4.90 Å². The summed E-state index contributed by atoms with van der Waals surface area (Å²) in [5, 5.41) is 2.70. The van der Waals surface area contributed by atoms with Gasteiger partial charge in [0.2, 0.25) is 0 Å². The number of fused-ring (bicyclic) bond motifs is 2. The number of allylic oxidation sites excluding steroid dienone is 2. The van der Waals surface area contributed by atoms with E-state index in [2.05, 4.69) is 98.6 Å². The summed E-state index contributed by atoms with van der Waals surface area (Å²) in [6, 6.07) is 18.1. The Kier molecular flexibility index (Phi) is 4.09. The lowest BCUT2D eigenvalue weighted by atomic mass is 9.87. The molecule has 2 atom stereocenters. The topological polar surface area (TPSA) is 3.24 Å². The van der Waals surface area contributed by atoms with Crippen molar-refractivity contribution in [2.24, 2.45) is 0 Å². The Balaban J connectivity index is 2.09. The van der Waals surface area contributed by atoms with Crippen LogP contribution in [0.5, 0.6) is 0 Å². The molecule has 0 bridgehead atoms. The number of rotatable bonds is 3. The van der Waals surface area contributed by atoms with Gasteiger partial charge in [-0.05, 0) is 28.7 Å². The van der Waals surface area contributed by atoms with Gasteiger partial charge in [-0.1, -0.05) is 86.7 Å². The standard InChI is InChI=1S/C24H25N/c1-4-17(2)18-11-5-7-14-21(18)24-22-15-8-6-12-19(22)20-13-9-10-16-23(20)25(24)3/h5-17,23H,4H2,1-3H3. The van der Waals surface area contributed by atoms with Crippen molar-refractivity contribution in [2.45, 2.75) is 32.2 Å². The van der Waals surface area contributed by atoms with Gasteiger partial charge in [-0.15, -0.1) is 0 Å². The zero-order valence-electron chi connectivity index (χ0n) is 15.2. The molecule has 1 aliphatic heterocycles. The van der Waals surface area contributed by atoms with Crippen molar-refractivity contribution in [3.05, 3.63) is 94.4 Å². The SMILES string of the molecule is CCC(C)c1ccccc1C1=c2ccccc2=C2C=CC=CC2N1C. The Hall–Kier alpha value is -2.54. The Morgan fingerprint density at radius 3 is 2.48 bits per heavy atom. The molecule has 2 aromatic rings. The Bertz CT molecular complexity index is 977. The highest BCUT2D eigenvalue weighted by Crippen LogP contribution is 2.32. The van der Waals surface area contributed by atoms with Crippen LogP contribution in [0.15, 0.2) is 72.8 Å². The van der Waals surface area contributed by atoms with Crippen LogP contribution < -0.4 is 10.4 Å². The molecule has 25 heavy (non-hydrogen) atoms. The smallest absolute Gasteiger partial charge is 0.0732 e. The minimum atomic E-state index is 0.305. The molecule has 0 fully saturated rings. The third-order valence-corrected chi connectivity index (χ3v) is 5.62. The normalized spacial score (nSPS) is 19.6. The number of hydrogen-bond acceptors (Lipinski definition) is 1. The first kappa shape index (κ1) is 16.0. The van der Waals surface area contributed by atoms with E-state index in [1.807, 2.05) is 0 Å². The van der Waals surface area contributed by atoms with E-state index in [4.69, 9.17) is 0 Å². The van der Waals surface area contributed by atoms with Crippen molar-refractivity contribution >= 4 is 11.3 Å². The first-order valence-corrected chi connectivity index (χ1v) is 9.23. The van der Waals surface area contributed by atoms with Crippen LogP contribution in [0.3, 0.4) is 0 Å². The molecule has 0 saturated carbocycles. The van der Waals surface area contributed by atoms with Crippen LogP contribution in [0.1, 0.15) is 37.3 Å². The van der Waals surface area contributed by atoms with Gasteiger partial charge in [0.15, 0.2) is 0 Å². The van der Waals surface area contributed by atoms with Crippen LogP contribution in [0.4, 0.5) is 0 Å². The first-order valence-electron chi connectivity index (χ1n) is 9.23. The van der Waals surface area contributed by atoms with Gasteiger partial charge in [0.05, 0.1) is 11.7 Å². The molecule has 2 unspecified atom stereocenters. The van der Waals surface area contributed by atoms with Crippen molar-refractivity contribution in [3.8, 4) is 0 Å². The van der Waals surface area contributed by atoms with E-state index in [9.17, 15) is 0 Å². The fourth-order valence-electron chi connectivity index (χ4n) is 4.09. The fraction of sp³-hybridized carbons (Fsp3) is 0.250. The molecule has 0 radical (unpaired) electrons. The van der Waals surface area contributed by atoms with E-state index < -0.39 is 0 Å². The molecule has 2 aromatic carbocycles. The van der Waals surface area contributed by atoms with Crippen molar-refractivity contribution < 1.29 is 0 Å². The lowest BCUT2D eigenvalue weighted by Gasteiger charge is -2.36. The summed E-state index contributed by atoms with van der Waals surface area (Å²) in [7, 11) is 2.23. The van der Waals surface area contributed by atoms with Crippen LogP contribution in [0, 0.1) is 0 Å². The summed E-state index contributed by atoms with van der Waals surface area (Å²) in [6.45, 7) is 4.60. The van der Waals surface area contributed by atoms with Gasteiger partial charge in [0.25, 0.3) is 0 Å². The van der Waals surface area contributed by atoms with E-state index in [1.54, 1.807) is 0 Å². The second-order valence-electron chi connectivity index (χ2n) is 7.05. The molecule has 2 aliphatic rings. The van der Waals surface area contributed by atoms with Crippen LogP contribution in [-0.2, 0) is 0 Å². The molecule has 4 rings (SSSR count). The second kappa shape index (κ2) is 6.40. The third-order valence-electron chi connectivity index (χ3n) is 5.62.